The number of hydrogen-bond acceptors (Lipinski definition) is 3. The maximum atomic E-state index is 12.6. The lowest BCUT2D eigenvalue weighted by Gasteiger charge is -2.08. The van der Waals surface area contributed by atoms with E-state index in [2.05, 4.69) is 4.98 Å². The van der Waals surface area contributed by atoms with Gasteiger partial charge in [0.15, 0.2) is 0 Å². The fraction of sp³-hybridized carbons (Fsp3) is 0.214. The molecule has 0 aliphatic heterocycles. The van der Waals surface area contributed by atoms with E-state index >= 15 is 0 Å². The van der Waals surface area contributed by atoms with E-state index in [1.807, 2.05) is 13.0 Å². The Labute approximate surface area is 105 Å². The minimum atomic E-state index is -1.32. The second kappa shape index (κ2) is 5.49. The van der Waals surface area contributed by atoms with Crippen molar-refractivity contribution in [3.05, 3.63) is 48.2 Å². The van der Waals surface area contributed by atoms with Crippen molar-refractivity contribution < 1.29 is 13.9 Å². The van der Waals surface area contributed by atoms with Gasteiger partial charge in [-0.2, -0.15) is 0 Å². The Balaban J connectivity index is 2.04. The molecule has 94 valence electrons. The van der Waals surface area contributed by atoms with Gasteiger partial charge in [-0.25, -0.2) is 9.37 Å². The van der Waals surface area contributed by atoms with Gasteiger partial charge < -0.3 is 9.47 Å². The lowest BCUT2D eigenvalue weighted by atomic mass is 10.3. The van der Waals surface area contributed by atoms with E-state index < -0.39 is 6.36 Å². The van der Waals surface area contributed by atoms with E-state index in [-0.39, 0.29) is 0 Å². The van der Waals surface area contributed by atoms with Crippen LogP contribution in [0.15, 0.2) is 42.6 Å². The Kier molecular flexibility index (Phi) is 3.77. The topological polar surface area (TPSA) is 31.4 Å². The molecule has 0 N–H and O–H groups in total. The van der Waals surface area contributed by atoms with Crippen LogP contribution in [0.25, 0.3) is 0 Å². The number of pyridine rings is 1. The number of rotatable bonds is 4. The summed E-state index contributed by atoms with van der Waals surface area (Å²) in [6.07, 6.45) is 0.410. The number of ether oxygens (including phenoxy) is 2. The van der Waals surface area contributed by atoms with Crippen molar-refractivity contribution in [1.82, 2.24) is 4.98 Å². The molecule has 2 rings (SSSR count). The Morgan fingerprint density at radius 1 is 1.06 bits per heavy atom. The van der Waals surface area contributed by atoms with Gasteiger partial charge in [0.1, 0.15) is 11.5 Å². The van der Waals surface area contributed by atoms with Gasteiger partial charge in [-0.1, -0.05) is 6.07 Å². The van der Waals surface area contributed by atoms with Gasteiger partial charge in [-0.15, -0.1) is 0 Å². The number of alkyl halides is 1. The Bertz CT molecular complexity index is 494. The first kappa shape index (κ1) is 12.4. The summed E-state index contributed by atoms with van der Waals surface area (Å²) < 4.78 is 23.0. The summed E-state index contributed by atoms with van der Waals surface area (Å²) >= 11 is 0. The predicted molar refractivity (Wildman–Crippen MR) is 66.7 cm³/mol. The number of benzene rings is 1. The highest BCUT2D eigenvalue weighted by atomic mass is 19.1. The minimum Gasteiger partial charge on any atom is -0.461 e. The van der Waals surface area contributed by atoms with Gasteiger partial charge >= 0.3 is 0 Å². The van der Waals surface area contributed by atoms with Crippen LogP contribution in [0.3, 0.4) is 0 Å². The van der Waals surface area contributed by atoms with Crippen molar-refractivity contribution in [2.45, 2.75) is 20.2 Å². The van der Waals surface area contributed by atoms with E-state index in [1.54, 1.807) is 36.5 Å². The highest BCUT2D eigenvalue weighted by Gasteiger charge is 2.02. The third kappa shape index (κ3) is 3.45. The SMILES string of the molecule is Cc1ccc(Oc2ccc(OC(C)F)cc2)nc1. The zero-order valence-electron chi connectivity index (χ0n) is 10.3. The number of aromatic nitrogens is 1. The molecule has 1 aromatic heterocycles. The highest BCUT2D eigenvalue weighted by molar-refractivity contribution is 5.33. The highest BCUT2D eigenvalue weighted by Crippen LogP contribution is 2.23. The summed E-state index contributed by atoms with van der Waals surface area (Å²) in [7, 11) is 0. The molecule has 0 saturated heterocycles. The van der Waals surface area contributed by atoms with Crippen LogP contribution in [-0.4, -0.2) is 11.3 Å². The minimum absolute atomic E-state index is 0.467. The molecule has 1 atom stereocenters. The Morgan fingerprint density at radius 2 is 1.72 bits per heavy atom. The van der Waals surface area contributed by atoms with E-state index in [4.69, 9.17) is 9.47 Å². The summed E-state index contributed by atoms with van der Waals surface area (Å²) in [6, 6.07) is 10.4. The lowest BCUT2D eigenvalue weighted by Crippen LogP contribution is -2.03. The molecule has 0 fully saturated rings. The van der Waals surface area contributed by atoms with Gasteiger partial charge in [0.05, 0.1) is 0 Å². The summed E-state index contributed by atoms with van der Waals surface area (Å²) in [5.41, 5.74) is 1.07. The quantitative estimate of drug-likeness (QED) is 0.821. The normalized spacial score (nSPS) is 11.9. The maximum absolute atomic E-state index is 12.6. The molecular weight excluding hydrogens is 233 g/mol. The first-order chi connectivity index (χ1) is 8.63. The van der Waals surface area contributed by atoms with Crippen molar-refractivity contribution in [1.29, 1.82) is 0 Å². The van der Waals surface area contributed by atoms with Crippen LogP contribution in [-0.2, 0) is 0 Å². The van der Waals surface area contributed by atoms with Gasteiger partial charge in [0.2, 0.25) is 12.2 Å². The molecule has 1 aromatic carbocycles. The molecule has 0 amide bonds. The Morgan fingerprint density at radius 3 is 2.28 bits per heavy atom. The molecular formula is C14H14FNO2. The molecule has 1 heterocycles. The van der Waals surface area contributed by atoms with E-state index in [9.17, 15) is 4.39 Å². The van der Waals surface area contributed by atoms with Crippen LogP contribution < -0.4 is 9.47 Å². The molecule has 4 heteroatoms. The summed E-state index contributed by atoms with van der Waals surface area (Å²) in [5, 5.41) is 0. The number of aryl methyl sites for hydroxylation is 1. The van der Waals surface area contributed by atoms with E-state index in [0.29, 0.717) is 17.4 Å². The van der Waals surface area contributed by atoms with Gasteiger partial charge in [-0.05, 0) is 36.8 Å². The first-order valence-electron chi connectivity index (χ1n) is 5.65. The van der Waals surface area contributed by atoms with Crippen molar-refractivity contribution >= 4 is 0 Å². The fourth-order valence-electron chi connectivity index (χ4n) is 1.41. The molecule has 0 bridgehead atoms. The van der Waals surface area contributed by atoms with Crippen molar-refractivity contribution in [3.8, 4) is 17.4 Å². The summed E-state index contributed by atoms with van der Waals surface area (Å²) in [4.78, 5) is 4.13. The standard InChI is InChI=1S/C14H14FNO2/c1-10-3-8-14(16-9-10)18-13-6-4-12(5-7-13)17-11(2)15/h3-9,11H,1-2H3. The molecule has 0 aliphatic carbocycles. The molecule has 0 saturated carbocycles. The Hall–Kier alpha value is -2.10. The molecule has 2 aromatic rings. The van der Waals surface area contributed by atoms with Crippen LogP contribution in [0.4, 0.5) is 4.39 Å². The molecule has 0 radical (unpaired) electrons. The van der Waals surface area contributed by atoms with Crippen LogP contribution in [0.5, 0.6) is 17.4 Å². The second-order valence-corrected chi connectivity index (χ2v) is 3.91. The van der Waals surface area contributed by atoms with Crippen LogP contribution in [0.1, 0.15) is 12.5 Å². The van der Waals surface area contributed by atoms with E-state index in [1.165, 1.54) is 6.92 Å². The predicted octanol–water partition coefficient (Wildman–Crippen LogP) is 3.88. The smallest absolute Gasteiger partial charge is 0.235 e. The second-order valence-electron chi connectivity index (χ2n) is 3.91. The van der Waals surface area contributed by atoms with Crippen LogP contribution >= 0.6 is 0 Å². The third-order valence-electron chi connectivity index (χ3n) is 2.23. The molecule has 1 unspecified atom stereocenters. The van der Waals surface area contributed by atoms with Crippen LogP contribution in [0.2, 0.25) is 0 Å². The monoisotopic (exact) mass is 247 g/mol. The molecule has 0 spiro atoms. The third-order valence-corrected chi connectivity index (χ3v) is 2.23. The van der Waals surface area contributed by atoms with Crippen molar-refractivity contribution in [2.24, 2.45) is 0 Å². The zero-order chi connectivity index (χ0) is 13.0. The fourth-order valence-corrected chi connectivity index (χ4v) is 1.41. The average Bonchev–Trinajstić information content (AvgIpc) is 2.34. The molecule has 18 heavy (non-hydrogen) atoms. The average molecular weight is 247 g/mol. The number of halogens is 1. The molecule has 3 nitrogen and oxygen atoms in total. The van der Waals surface area contributed by atoms with Gasteiger partial charge in [0, 0.05) is 19.2 Å². The molecule has 0 aliphatic rings. The number of hydrogen-bond donors (Lipinski definition) is 0. The lowest BCUT2D eigenvalue weighted by molar-refractivity contribution is 0.0860. The van der Waals surface area contributed by atoms with Crippen molar-refractivity contribution in [3.63, 3.8) is 0 Å². The summed E-state index contributed by atoms with van der Waals surface area (Å²) in [6.45, 7) is 3.29. The van der Waals surface area contributed by atoms with Gasteiger partial charge in [-0.3, -0.25) is 0 Å². The summed E-state index contributed by atoms with van der Waals surface area (Å²) in [5.74, 6) is 1.62. The van der Waals surface area contributed by atoms with E-state index in [0.717, 1.165) is 5.56 Å². The maximum Gasteiger partial charge on any atom is 0.235 e. The zero-order valence-corrected chi connectivity index (χ0v) is 10.3. The first-order valence-corrected chi connectivity index (χ1v) is 5.65. The van der Waals surface area contributed by atoms with Crippen molar-refractivity contribution in [2.75, 3.05) is 0 Å². The largest absolute Gasteiger partial charge is 0.461 e. The number of nitrogens with zero attached hydrogens (tertiary/aromatic N) is 1. The van der Waals surface area contributed by atoms with Gasteiger partial charge in [0.25, 0.3) is 0 Å². The van der Waals surface area contributed by atoms with Crippen LogP contribution in [0, 0.1) is 6.92 Å².